The fourth-order valence-electron chi connectivity index (χ4n) is 8.76. The molecule has 3 N–H and O–H groups in total. The van der Waals surface area contributed by atoms with Crippen LogP contribution in [0.25, 0.3) is 31.0 Å². The first-order valence-corrected chi connectivity index (χ1v) is 25.1. The number of aromatic hydroxyl groups is 1. The minimum absolute atomic E-state index is 0.0331. The van der Waals surface area contributed by atoms with Crippen LogP contribution in [-0.4, -0.2) is 108 Å². The molecular formula is C53H60FN5O8S2. The number of aromatic nitrogens is 1. The van der Waals surface area contributed by atoms with Gasteiger partial charge in [-0.05, 0) is 102 Å². The second-order valence-corrected chi connectivity index (χ2v) is 20.8. The van der Waals surface area contributed by atoms with Crippen molar-refractivity contribution in [2.75, 3.05) is 52.6 Å². The highest BCUT2D eigenvalue weighted by atomic mass is 32.1. The van der Waals surface area contributed by atoms with Crippen LogP contribution in [-0.2, 0) is 30.4 Å². The van der Waals surface area contributed by atoms with Gasteiger partial charge in [0.15, 0.2) is 5.75 Å². The van der Waals surface area contributed by atoms with E-state index in [9.17, 15) is 23.9 Å². The Balaban J connectivity index is 0.732. The first-order chi connectivity index (χ1) is 33.2. The molecular weight excluding hydrogens is 918 g/mol. The quantitative estimate of drug-likeness (QED) is 0.0671. The van der Waals surface area contributed by atoms with Crippen LogP contribution in [0.15, 0.2) is 96.5 Å². The zero-order chi connectivity index (χ0) is 48.7. The van der Waals surface area contributed by atoms with Crippen LogP contribution in [0.4, 0.5) is 4.39 Å². The van der Waals surface area contributed by atoms with Crippen LogP contribution in [0.2, 0.25) is 0 Å². The number of halogens is 1. The molecule has 0 saturated carbocycles. The molecule has 6 aromatic rings. The SMILES string of the molecule is Cc1ncsc1-c1ccc(CNC(=O)[C@@H]2C[C@@H](C)CN2C(=O)[C@@H](NC(=O)COCCO[C@@H]2CCN(CCOc3ccc(Oc4c(-c5ccc(F)cc5)sc5cc(O)ccc45)cc3)C2)C(C)(C)C)cc1. The number of benzene rings is 4. The zero-order valence-electron chi connectivity index (χ0n) is 39.7. The third kappa shape index (κ3) is 12.7. The Bertz CT molecular complexity index is 2700. The van der Waals surface area contributed by atoms with Gasteiger partial charge in [-0.15, -0.1) is 22.7 Å². The molecule has 0 aliphatic carbocycles. The highest BCUT2D eigenvalue weighted by Crippen LogP contribution is 2.47. The van der Waals surface area contributed by atoms with E-state index in [2.05, 4.69) is 20.5 Å². The Morgan fingerprint density at radius 1 is 0.913 bits per heavy atom. The summed E-state index contributed by atoms with van der Waals surface area (Å²) < 4.78 is 38.8. The summed E-state index contributed by atoms with van der Waals surface area (Å²) in [5.41, 5.74) is 5.06. The first kappa shape index (κ1) is 49.5. The number of phenolic OH excluding ortho intramolecular Hbond substituents is 1. The summed E-state index contributed by atoms with van der Waals surface area (Å²) in [5.74, 6) is 1.04. The van der Waals surface area contributed by atoms with Crippen LogP contribution in [0.5, 0.6) is 23.0 Å². The van der Waals surface area contributed by atoms with E-state index >= 15 is 0 Å². The summed E-state index contributed by atoms with van der Waals surface area (Å²) >= 11 is 3.07. The number of carbonyl (C=O) groups excluding carboxylic acids is 3. The third-order valence-electron chi connectivity index (χ3n) is 12.4. The third-order valence-corrected chi connectivity index (χ3v) is 14.6. The second kappa shape index (κ2) is 22.2. The number of hydrogen-bond donors (Lipinski definition) is 3. The highest BCUT2D eigenvalue weighted by molar-refractivity contribution is 7.22. The Labute approximate surface area is 410 Å². The van der Waals surface area contributed by atoms with Crippen molar-refractivity contribution in [3.63, 3.8) is 0 Å². The van der Waals surface area contributed by atoms with Gasteiger partial charge in [0, 0.05) is 42.8 Å². The minimum Gasteiger partial charge on any atom is -0.508 e. The van der Waals surface area contributed by atoms with E-state index < -0.39 is 23.4 Å². The number of thiazole rings is 1. The van der Waals surface area contributed by atoms with Crippen molar-refractivity contribution in [3.8, 4) is 43.9 Å². The van der Waals surface area contributed by atoms with Crippen molar-refractivity contribution >= 4 is 50.5 Å². The number of ether oxygens (including phenoxy) is 4. The molecule has 13 nitrogen and oxygen atoms in total. The van der Waals surface area contributed by atoms with Gasteiger partial charge in [0.2, 0.25) is 17.7 Å². The standard InChI is InChI=1S/C53H60FN5O8S2/c1-33-26-44(51(62)55-28-35-6-8-36(9-7-35)48-34(2)56-32-68-48)59(29-33)52(63)50(53(3,4)5)57-46(61)31-64-24-25-66-42-20-21-58(30-42)22-23-65-40-15-17-41(18-16-40)67-47-43-19-14-39(60)27-45(43)69-49(47)37-10-12-38(54)13-11-37/h6-19,27,32-33,42,44,50,60H,20-26,28-31H2,1-5H3,(H,55,62)(H,57,61)/t33-,42-,44+,50-/m1/s1. The van der Waals surface area contributed by atoms with E-state index in [0.29, 0.717) is 50.0 Å². The molecule has 2 aliphatic heterocycles. The average molecular weight is 978 g/mol. The number of phenols is 1. The van der Waals surface area contributed by atoms with Gasteiger partial charge in [0.25, 0.3) is 0 Å². The van der Waals surface area contributed by atoms with Crippen LogP contribution in [0, 0.1) is 24.1 Å². The molecule has 16 heteroatoms. The molecule has 364 valence electrons. The molecule has 3 amide bonds. The van der Waals surface area contributed by atoms with Crippen molar-refractivity contribution in [2.24, 2.45) is 11.3 Å². The summed E-state index contributed by atoms with van der Waals surface area (Å²) in [6.45, 7) is 13.7. The highest BCUT2D eigenvalue weighted by Gasteiger charge is 2.44. The summed E-state index contributed by atoms with van der Waals surface area (Å²) in [4.78, 5) is 51.1. The monoisotopic (exact) mass is 977 g/mol. The number of carbonyl (C=O) groups is 3. The van der Waals surface area contributed by atoms with Crippen molar-refractivity contribution in [2.45, 2.75) is 72.2 Å². The molecule has 8 rings (SSSR count). The number of thiophene rings is 1. The molecule has 4 atom stereocenters. The lowest BCUT2D eigenvalue weighted by molar-refractivity contribution is -0.144. The fourth-order valence-corrected chi connectivity index (χ4v) is 10.7. The van der Waals surface area contributed by atoms with Gasteiger partial charge in [-0.2, -0.15) is 0 Å². The van der Waals surface area contributed by atoms with E-state index in [4.69, 9.17) is 18.9 Å². The molecule has 0 unspecified atom stereocenters. The molecule has 2 saturated heterocycles. The van der Waals surface area contributed by atoms with Crippen molar-refractivity contribution < 1.29 is 42.8 Å². The first-order valence-electron chi connectivity index (χ1n) is 23.4. The lowest BCUT2D eigenvalue weighted by atomic mass is 9.85. The lowest BCUT2D eigenvalue weighted by Crippen LogP contribution is -2.58. The van der Waals surface area contributed by atoms with Crippen molar-refractivity contribution in [3.05, 3.63) is 114 Å². The summed E-state index contributed by atoms with van der Waals surface area (Å²) in [7, 11) is 0. The number of likely N-dealkylation sites (tertiary alicyclic amines) is 2. The smallest absolute Gasteiger partial charge is 0.246 e. The van der Waals surface area contributed by atoms with Crippen LogP contribution in [0.1, 0.15) is 51.8 Å². The van der Waals surface area contributed by atoms with Gasteiger partial charge in [-0.3, -0.25) is 19.3 Å². The molecule has 4 heterocycles. The van der Waals surface area contributed by atoms with Gasteiger partial charge in [-0.1, -0.05) is 64.1 Å². The zero-order valence-corrected chi connectivity index (χ0v) is 41.3. The van der Waals surface area contributed by atoms with Gasteiger partial charge in [0.1, 0.15) is 48.4 Å². The van der Waals surface area contributed by atoms with E-state index in [0.717, 1.165) is 68.3 Å². The second-order valence-electron chi connectivity index (χ2n) is 18.9. The summed E-state index contributed by atoms with van der Waals surface area (Å²) in [5, 5.41) is 16.9. The number of nitrogens with one attached hydrogen (secondary N) is 2. The average Bonchev–Trinajstić information content (AvgIpc) is 4.14. The van der Waals surface area contributed by atoms with Crippen molar-refractivity contribution in [1.29, 1.82) is 0 Å². The minimum atomic E-state index is -0.853. The Morgan fingerprint density at radius 3 is 2.36 bits per heavy atom. The predicted octanol–water partition coefficient (Wildman–Crippen LogP) is 9.21. The molecule has 69 heavy (non-hydrogen) atoms. The van der Waals surface area contributed by atoms with Gasteiger partial charge >= 0.3 is 0 Å². The molecule has 0 radical (unpaired) electrons. The predicted molar refractivity (Wildman–Crippen MR) is 267 cm³/mol. The van der Waals surface area contributed by atoms with Crippen molar-refractivity contribution in [1.82, 2.24) is 25.4 Å². The summed E-state index contributed by atoms with van der Waals surface area (Å²) in [6.07, 6.45) is 1.44. The molecule has 4 aromatic carbocycles. The molecule has 2 aliphatic rings. The van der Waals surface area contributed by atoms with E-state index in [1.54, 1.807) is 40.5 Å². The molecule has 0 spiro atoms. The van der Waals surface area contributed by atoms with E-state index in [1.807, 2.05) is 94.7 Å². The fraction of sp³-hybridized carbons (Fsp3) is 0.396. The number of rotatable bonds is 19. The van der Waals surface area contributed by atoms with E-state index in [1.165, 1.54) is 23.5 Å². The van der Waals surface area contributed by atoms with Crippen LogP contribution < -0.4 is 20.1 Å². The van der Waals surface area contributed by atoms with E-state index in [-0.39, 0.29) is 48.6 Å². The van der Waals surface area contributed by atoms with Gasteiger partial charge < -0.3 is 39.6 Å². The number of nitrogens with zero attached hydrogens (tertiary/aromatic N) is 3. The maximum Gasteiger partial charge on any atom is 0.246 e. The number of aryl methyl sites for hydroxylation is 1. The Kier molecular flexibility index (Phi) is 16.0. The van der Waals surface area contributed by atoms with Gasteiger partial charge in [-0.25, -0.2) is 9.37 Å². The maximum absolute atomic E-state index is 14.1. The Morgan fingerprint density at radius 2 is 1.64 bits per heavy atom. The van der Waals surface area contributed by atoms with Crippen LogP contribution >= 0.6 is 22.7 Å². The molecule has 2 fully saturated rings. The molecule has 0 bridgehead atoms. The number of amides is 3. The maximum atomic E-state index is 14.1. The Hall–Kier alpha value is -5.91. The lowest BCUT2D eigenvalue weighted by Gasteiger charge is -2.35. The largest absolute Gasteiger partial charge is 0.508 e. The number of fused-ring (bicyclic) bond motifs is 1. The normalized spacial score (nSPS) is 17.8. The van der Waals surface area contributed by atoms with Crippen LogP contribution in [0.3, 0.4) is 0 Å². The van der Waals surface area contributed by atoms with Gasteiger partial charge in [0.05, 0.1) is 40.3 Å². The topological polar surface area (TPSA) is 152 Å². The summed E-state index contributed by atoms with van der Waals surface area (Å²) in [6, 6.07) is 25.4. The molecule has 2 aromatic heterocycles. The number of hydrogen-bond acceptors (Lipinski definition) is 12.